The third kappa shape index (κ3) is 3.95. The number of rotatable bonds is 7. The van der Waals surface area contributed by atoms with E-state index in [1.165, 1.54) is 12.1 Å². The van der Waals surface area contributed by atoms with Gasteiger partial charge in [0.2, 0.25) is 0 Å². The zero-order chi connectivity index (χ0) is 18.7. The van der Waals surface area contributed by atoms with Gasteiger partial charge in [-0.15, -0.1) is 0 Å². The van der Waals surface area contributed by atoms with Gasteiger partial charge in [0, 0.05) is 24.2 Å². The Morgan fingerprint density at radius 1 is 1.23 bits per heavy atom. The number of carbonyl (C=O) groups is 2. The molecule has 0 heterocycles. The molecule has 2 saturated carbocycles. The highest BCUT2D eigenvalue weighted by atomic mass is 16.6. The van der Waals surface area contributed by atoms with Crippen LogP contribution in [0.5, 0.6) is 0 Å². The van der Waals surface area contributed by atoms with Crippen LogP contribution in [0.25, 0.3) is 0 Å². The van der Waals surface area contributed by atoms with Gasteiger partial charge in [0.1, 0.15) is 5.69 Å². The lowest BCUT2D eigenvalue weighted by molar-refractivity contribution is -0.384. The topological polar surface area (TPSA) is 122 Å². The zero-order valence-electron chi connectivity index (χ0n) is 14.5. The van der Waals surface area contributed by atoms with Gasteiger partial charge >= 0.3 is 5.97 Å². The highest BCUT2D eigenvalue weighted by Gasteiger charge is 2.40. The largest absolute Gasteiger partial charge is 0.481 e. The highest BCUT2D eigenvalue weighted by molar-refractivity contribution is 5.96. The van der Waals surface area contributed by atoms with Crippen molar-refractivity contribution >= 4 is 23.3 Å². The molecule has 0 radical (unpaired) electrons. The Labute approximate surface area is 151 Å². The average Bonchev–Trinajstić information content (AvgIpc) is 3.44. The number of nitrogens with one attached hydrogen (secondary N) is 2. The lowest BCUT2D eigenvalue weighted by Crippen LogP contribution is -2.44. The van der Waals surface area contributed by atoms with Crippen LogP contribution in [0.1, 0.15) is 55.3 Å². The molecule has 140 valence electrons. The summed E-state index contributed by atoms with van der Waals surface area (Å²) in [7, 11) is 0. The number of benzene rings is 1. The van der Waals surface area contributed by atoms with E-state index in [0.717, 1.165) is 32.1 Å². The molecule has 1 amide bonds. The van der Waals surface area contributed by atoms with Crippen LogP contribution in [0, 0.1) is 15.5 Å². The fourth-order valence-corrected chi connectivity index (χ4v) is 3.44. The van der Waals surface area contributed by atoms with Gasteiger partial charge in [-0.25, -0.2) is 0 Å². The number of anilines is 1. The molecule has 2 fully saturated rings. The first kappa shape index (κ1) is 18.2. The number of nitrogens with zero attached hydrogens (tertiary/aromatic N) is 1. The van der Waals surface area contributed by atoms with Crippen molar-refractivity contribution in [2.24, 2.45) is 5.41 Å². The highest BCUT2D eigenvalue weighted by Crippen LogP contribution is 2.36. The average molecular weight is 361 g/mol. The summed E-state index contributed by atoms with van der Waals surface area (Å²) in [6.07, 6.45) is 5.70. The van der Waals surface area contributed by atoms with Crippen LogP contribution >= 0.6 is 0 Å². The predicted molar refractivity (Wildman–Crippen MR) is 95.2 cm³/mol. The number of nitro benzene ring substituents is 1. The quantitative estimate of drug-likeness (QED) is 0.507. The Balaban J connectivity index is 1.71. The zero-order valence-corrected chi connectivity index (χ0v) is 14.5. The number of carboxylic acid groups (broad SMARTS) is 1. The number of hydrogen-bond donors (Lipinski definition) is 3. The number of amides is 1. The molecular formula is C18H23N3O5. The normalized spacial score (nSPS) is 18.8. The van der Waals surface area contributed by atoms with Crippen LogP contribution in [0.2, 0.25) is 0 Å². The van der Waals surface area contributed by atoms with E-state index in [4.69, 9.17) is 0 Å². The Kier molecular flexibility index (Phi) is 5.11. The number of aliphatic carboxylic acids is 1. The van der Waals surface area contributed by atoms with Crippen molar-refractivity contribution in [1.82, 2.24) is 5.32 Å². The van der Waals surface area contributed by atoms with Crippen molar-refractivity contribution in [2.75, 3.05) is 11.9 Å². The second-order valence-electron chi connectivity index (χ2n) is 7.24. The van der Waals surface area contributed by atoms with Crippen LogP contribution in [0.15, 0.2) is 18.2 Å². The molecule has 0 aliphatic heterocycles. The van der Waals surface area contributed by atoms with E-state index in [0.29, 0.717) is 18.5 Å². The Bertz CT molecular complexity index is 724. The van der Waals surface area contributed by atoms with Gasteiger partial charge < -0.3 is 15.7 Å². The van der Waals surface area contributed by atoms with E-state index >= 15 is 0 Å². The van der Waals surface area contributed by atoms with Crippen molar-refractivity contribution in [2.45, 2.75) is 51.0 Å². The lowest BCUT2D eigenvalue weighted by Gasteiger charge is -2.33. The molecule has 1 aromatic rings. The summed E-state index contributed by atoms with van der Waals surface area (Å²) in [5, 5.41) is 26.6. The summed E-state index contributed by atoms with van der Waals surface area (Å²) in [5.41, 5.74) is -0.513. The van der Waals surface area contributed by atoms with E-state index < -0.39 is 22.2 Å². The van der Waals surface area contributed by atoms with Gasteiger partial charge in [-0.2, -0.15) is 0 Å². The van der Waals surface area contributed by atoms with Gasteiger partial charge in [0.15, 0.2) is 0 Å². The maximum absolute atomic E-state index is 12.4. The number of carboxylic acids is 1. The van der Waals surface area contributed by atoms with Crippen molar-refractivity contribution in [3.8, 4) is 0 Å². The molecule has 0 saturated heterocycles. The molecule has 2 aliphatic carbocycles. The second kappa shape index (κ2) is 7.31. The summed E-state index contributed by atoms with van der Waals surface area (Å²) < 4.78 is 0. The maximum Gasteiger partial charge on any atom is 0.311 e. The minimum atomic E-state index is -0.937. The number of carbonyl (C=O) groups excluding carboxylic acids is 1. The first-order valence-corrected chi connectivity index (χ1v) is 8.98. The molecule has 0 spiro atoms. The third-order valence-corrected chi connectivity index (χ3v) is 5.25. The molecule has 1 aromatic carbocycles. The Morgan fingerprint density at radius 3 is 2.50 bits per heavy atom. The van der Waals surface area contributed by atoms with Crippen LogP contribution in [0.3, 0.4) is 0 Å². The van der Waals surface area contributed by atoms with Crippen molar-refractivity contribution in [1.29, 1.82) is 0 Å². The van der Waals surface area contributed by atoms with Crippen LogP contribution < -0.4 is 10.6 Å². The second-order valence-corrected chi connectivity index (χ2v) is 7.24. The number of hydrogen-bond acceptors (Lipinski definition) is 5. The summed E-state index contributed by atoms with van der Waals surface area (Å²) >= 11 is 0. The molecule has 0 aromatic heterocycles. The van der Waals surface area contributed by atoms with Crippen LogP contribution in [0.4, 0.5) is 11.4 Å². The predicted octanol–water partition coefficient (Wildman–Crippen LogP) is 2.93. The molecule has 3 N–H and O–H groups in total. The van der Waals surface area contributed by atoms with Crippen molar-refractivity contribution in [3.63, 3.8) is 0 Å². The minimum absolute atomic E-state index is 0.0387. The molecule has 26 heavy (non-hydrogen) atoms. The first-order chi connectivity index (χ1) is 12.4. The molecule has 0 atom stereocenters. The molecule has 0 bridgehead atoms. The molecule has 0 unspecified atom stereocenters. The summed E-state index contributed by atoms with van der Waals surface area (Å²) in [5.74, 6) is -1.38. The number of nitro groups is 1. The van der Waals surface area contributed by atoms with E-state index in [1.807, 2.05) is 0 Å². The standard InChI is InChI=1S/C18H23N3O5/c22-16(19-11-18(17(23)24)8-2-1-3-9-18)12-4-7-14(20-13-5-6-13)15(10-12)21(25)26/h4,7,10,13,20H,1-3,5-6,8-9,11H2,(H,19,22)(H,23,24). The van der Waals surface area contributed by atoms with Crippen molar-refractivity contribution < 1.29 is 19.6 Å². The van der Waals surface area contributed by atoms with Crippen LogP contribution in [-0.4, -0.2) is 34.5 Å². The SMILES string of the molecule is O=C(NCC1(C(=O)O)CCCCC1)c1ccc(NC2CC2)c([N+](=O)[O-])c1. The molecular weight excluding hydrogens is 338 g/mol. The molecule has 8 nitrogen and oxygen atoms in total. The lowest BCUT2D eigenvalue weighted by atomic mass is 9.74. The van der Waals surface area contributed by atoms with Crippen molar-refractivity contribution in [3.05, 3.63) is 33.9 Å². The molecule has 3 rings (SSSR count). The third-order valence-electron chi connectivity index (χ3n) is 5.25. The molecule has 8 heteroatoms. The van der Waals surface area contributed by atoms with Gasteiger partial charge in [0.05, 0.1) is 10.3 Å². The van der Waals surface area contributed by atoms with E-state index in [1.54, 1.807) is 6.07 Å². The Morgan fingerprint density at radius 2 is 1.92 bits per heavy atom. The summed E-state index contributed by atoms with van der Waals surface area (Å²) in [4.78, 5) is 34.9. The van der Waals surface area contributed by atoms with Gasteiger partial charge in [-0.05, 0) is 37.8 Å². The fraction of sp³-hybridized carbons (Fsp3) is 0.556. The van der Waals surface area contributed by atoms with E-state index in [9.17, 15) is 24.8 Å². The van der Waals surface area contributed by atoms with Crippen LogP contribution in [-0.2, 0) is 4.79 Å². The monoisotopic (exact) mass is 361 g/mol. The minimum Gasteiger partial charge on any atom is -0.481 e. The van der Waals surface area contributed by atoms with E-state index in [2.05, 4.69) is 10.6 Å². The Hall–Kier alpha value is -2.64. The van der Waals surface area contributed by atoms with Gasteiger partial charge in [-0.3, -0.25) is 19.7 Å². The van der Waals surface area contributed by atoms with Gasteiger partial charge in [0.25, 0.3) is 11.6 Å². The summed E-state index contributed by atoms with van der Waals surface area (Å²) in [6.45, 7) is 0.0387. The first-order valence-electron chi connectivity index (χ1n) is 8.98. The van der Waals surface area contributed by atoms with E-state index in [-0.39, 0.29) is 23.8 Å². The molecule has 2 aliphatic rings. The summed E-state index contributed by atoms with van der Waals surface area (Å²) in [6, 6.07) is 4.57. The fourth-order valence-electron chi connectivity index (χ4n) is 3.44. The smallest absolute Gasteiger partial charge is 0.311 e. The van der Waals surface area contributed by atoms with Gasteiger partial charge in [-0.1, -0.05) is 19.3 Å². The maximum atomic E-state index is 12.4.